The lowest BCUT2D eigenvalue weighted by atomic mass is 10.1. The van der Waals surface area contributed by atoms with E-state index >= 15 is 9.13 Å². The minimum absolute atomic E-state index is 0.0929. The molecule has 340 valence electrons. The van der Waals surface area contributed by atoms with E-state index in [2.05, 4.69) is 15.0 Å². The van der Waals surface area contributed by atoms with Gasteiger partial charge in [0.05, 0.1) is 34.3 Å². The van der Waals surface area contributed by atoms with E-state index in [1.807, 2.05) is 11.9 Å². The molecule has 1 unspecified atom stereocenters. The van der Waals surface area contributed by atoms with Gasteiger partial charge in [-0.1, -0.05) is 49.2 Å². The first-order chi connectivity index (χ1) is 30.7. The van der Waals surface area contributed by atoms with Gasteiger partial charge in [0.2, 0.25) is 5.28 Å². The van der Waals surface area contributed by atoms with Crippen molar-refractivity contribution in [2.45, 2.75) is 56.3 Å². The Balaban J connectivity index is 1.24. The molecule has 1 aliphatic heterocycles. The molecule has 1 saturated carbocycles. The van der Waals surface area contributed by atoms with Gasteiger partial charge in [0, 0.05) is 13.1 Å². The molecule has 5 aromatic rings. The van der Waals surface area contributed by atoms with E-state index in [1.54, 1.807) is 0 Å². The summed E-state index contributed by atoms with van der Waals surface area (Å²) < 4.78 is 76.5. The lowest BCUT2D eigenvalue weighted by molar-refractivity contribution is -0.0482. The maximum Gasteiger partial charge on any atom is 0.444 e. The Labute approximate surface area is 371 Å². The Hall–Kier alpha value is -5.59. The van der Waals surface area contributed by atoms with Gasteiger partial charge in [-0.25, -0.2) is 28.5 Å². The van der Waals surface area contributed by atoms with Crippen LogP contribution in [0.1, 0.15) is 63.0 Å². The number of ether oxygens (including phenoxy) is 4. The van der Waals surface area contributed by atoms with Gasteiger partial charge in [0.25, 0.3) is 0 Å². The number of hydrogen-bond acceptors (Lipinski definition) is 19. The summed E-state index contributed by atoms with van der Waals surface area (Å²) in [6.07, 6.45) is -0.744. The van der Waals surface area contributed by atoms with Gasteiger partial charge in [0.15, 0.2) is 29.1 Å². The molecule has 0 amide bonds. The first-order valence-corrected chi connectivity index (χ1v) is 23.6. The van der Waals surface area contributed by atoms with Crippen LogP contribution in [0.3, 0.4) is 0 Å². The van der Waals surface area contributed by atoms with E-state index < -0.39 is 70.1 Å². The number of esters is 3. The molecule has 64 heavy (non-hydrogen) atoms. The summed E-state index contributed by atoms with van der Waals surface area (Å²) in [6, 6.07) is 16.7. The molecule has 1 saturated heterocycles. The molecule has 2 N–H and O–H groups in total. The van der Waals surface area contributed by atoms with Crippen molar-refractivity contribution in [1.82, 2.24) is 19.5 Å². The van der Waals surface area contributed by atoms with Crippen molar-refractivity contribution in [3.8, 4) is 17.2 Å². The number of benzene rings is 3. The second-order valence-corrected chi connectivity index (χ2v) is 19.4. The third-order valence-electron chi connectivity index (χ3n) is 10.6. The van der Waals surface area contributed by atoms with Crippen molar-refractivity contribution < 1.29 is 70.8 Å². The van der Waals surface area contributed by atoms with Crippen LogP contribution >= 0.6 is 26.8 Å². The fraction of sp³-hybridized carbons (Fsp3) is 0.366. The van der Waals surface area contributed by atoms with Crippen LogP contribution < -0.4 is 18.5 Å². The van der Waals surface area contributed by atoms with Crippen LogP contribution in [0, 0.1) is 0 Å². The van der Waals surface area contributed by atoms with Crippen LogP contribution in [-0.2, 0) is 32.6 Å². The number of halogens is 1. The molecule has 1 aliphatic carbocycles. The molecule has 2 aliphatic rings. The minimum Gasteiger partial charge on any atom is -0.465 e. The quantitative estimate of drug-likeness (QED) is 0.0441. The standard InChI is InChI=1S/C41H44ClN5O15P2/c1-46(24-13-5-6-14-24)35-32-36(45-41(42)44-35)47(22-43-32)37-34(49)33(48)31(59-37)21-58-63(53,60-28-18-10-7-15-25(28)38(50)55-2)23-64(54,61-29-19-11-8-16-26(29)39(51)56-3)62-30-20-12-9-17-27(30)40(52)57-4/h7-12,15-20,22,24,31,33-34,37,48-49H,5-6,13-14,21,23H2,1-4H3/t31-,33-,34-,37-,63?/m1/s1. The molecule has 20 nitrogen and oxygen atoms in total. The van der Waals surface area contributed by atoms with Crippen LogP contribution in [-0.4, -0.2) is 113 Å². The number of carbonyl (C=O) groups is 3. The summed E-state index contributed by atoms with van der Waals surface area (Å²) in [4.78, 5) is 53.7. The average molecular weight is 944 g/mol. The first kappa shape index (κ1) is 46.4. The number of methoxy groups -OCH3 is 3. The van der Waals surface area contributed by atoms with Crippen LogP contribution in [0.25, 0.3) is 11.2 Å². The third kappa shape index (κ3) is 9.88. The number of aliphatic hydroxyl groups excluding tert-OH is 2. The molecule has 2 fully saturated rings. The van der Waals surface area contributed by atoms with Gasteiger partial charge in [-0.3, -0.25) is 9.09 Å². The molecule has 23 heteroatoms. The largest absolute Gasteiger partial charge is 0.465 e. The Morgan fingerprint density at radius 2 is 1.25 bits per heavy atom. The number of carbonyl (C=O) groups excluding carboxylic acids is 3. The van der Waals surface area contributed by atoms with Crippen molar-refractivity contribution in [2.75, 3.05) is 45.8 Å². The summed E-state index contributed by atoms with van der Waals surface area (Å²) >= 11 is 6.40. The number of aromatic nitrogens is 4. The molecule has 0 bridgehead atoms. The number of anilines is 1. The number of fused-ring (bicyclic) bond motifs is 1. The van der Waals surface area contributed by atoms with Crippen LogP contribution in [0.15, 0.2) is 79.1 Å². The zero-order chi connectivity index (χ0) is 45.8. The molecular weight excluding hydrogens is 900 g/mol. The van der Waals surface area contributed by atoms with Crippen LogP contribution in [0.5, 0.6) is 17.2 Å². The van der Waals surface area contributed by atoms with E-state index in [4.69, 9.17) is 48.6 Å². The van der Waals surface area contributed by atoms with E-state index in [9.17, 15) is 24.6 Å². The van der Waals surface area contributed by atoms with Gasteiger partial charge in [-0.05, 0) is 60.8 Å². The maximum absolute atomic E-state index is 15.3. The molecule has 3 heterocycles. The highest BCUT2D eigenvalue weighted by molar-refractivity contribution is 7.72. The number of imidazole rings is 1. The smallest absolute Gasteiger partial charge is 0.444 e. The summed E-state index contributed by atoms with van der Waals surface area (Å²) in [5.74, 6) is -4.52. The van der Waals surface area contributed by atoms with Crippen molar-refractivity contribution in [3.05, 3.63) is 101 Å². The first-order valence-electron chi connectivity index (χ1n) is 19.8. The summed E-state index contributed by atoms with van der Waals surface area (Å²) in [7, 11) is -4.87. The van der Waals surface area contributed by atoms with Crippen molar-refractivity contribution in [3.63, 3.8) is 0 Å². The SMILES string of the molecule is COC(=O)c1ccccc1OP(=O)(CP(=O)(Oc1ccccc1C(=O)OC)Oc1ccccc1C(=O)OC)OC[C@H]1O[C@@H](n2cnc3c(N(C)C4CCCC4)nc(Cl)nc32)[C@H](O)[C@@H]1O. The highest BCUT2D eigenvalue weighted by Crippen LogP contribution is 2.64. The fourth-order valence-electron chi connectivity index (χ4n) is 7.36. The van der Waals surface area contributed by atoms with Gasteiger partial charge in [0.1, 0.15) is 52.3 Å². The van der Waals surface area contributed by atoms with Crippen molar-refractivity contribution >= 4 is 61.7 Å². The molecular formula is C41H44ClN5O15P2. The highest BCUT2D eigenvalue weighted by atomic mass is 35.5. The van der Waals surface area contributed by atoms with Gasteiger partial charge in [-0.15, -0.1) is 0 Å². The van der Waals surface area contributed by atoms with Crippen LogP contribution in [0.4, 0.5) is 5.82 Å². The third-order valence-corrected chi connectivity index (χ3v) is 15.5. The average Bonchev–Trinajstić information content (AvgIpc) is 4.05. The molecule has 2 aromatic heterocycles. The van der Waals surface area contributed by atoms with E-state index in [0.717, 1.165) is 47.0 Å². The Morgan fingerprint density at radius 1 is 0.766 bits per heavy atom. The van der Waals surface area contributed by atoms with Crippen molar-refractivity contribution in [2.24, 2.45) is 0 Å². The minimum atomic E-state index is -5.06. The Bertz CT molecular complexity index is 2560. The normalized spacial score (nSPS) is 19.7. The molecule has 0 spiro atoms. The molecule has 3 aromatic carbocycles. The van der Waals surface area contributed by atoms with E-state index in [1.165, 1.54) is 83.7 Å². The number of rotatable bonds is 17. The predicted molar refractivity (Wildman–Crippen MR) is 228 cm³/mol. The molecule has 5 atom stereocenters. The predicted octanol–water partition coefficient (Wildman–Crippen LogP) is 6.43. The Morgan fingerprint density at radius 3 is 1.75 bits per heavy atom. The second-order valence-electron chi connectivity index (χ2n) is 14.6. The summed E-state index contributed by atoms with van der Waals surface area (Å²) in [5.41, 5.74) is -0.0665. The highest BCUT2D eigenvalue weighted by Gasteiger charge is 2.49. The monoisotopic (exact) mass is 943 g/mol. The van der Waals surface area contributed by atoms with E-state index in [0.29, 0.717) is 11.3 Å². The number of para-hydroxylation sites is 3. The van der Waals surface area contributed by atoms with Crippen molar-refractivity contribution in [1.29, 1.82) is 0 Å². The fourth-order valence-corrected chi connectivity index (χ4v) is 12.1. The number of nitrogens with zero attached hydrogens (tertiary/aromatic N) is 5. The lowest BCUT2D eigenvalue weighted by Crippen LogP contribution is -2.34. The zero-order valence-corrected chi connectivity index (χ0v) is 37.4. The summed E-state index contributed by atoms with van der Waals surface area (Å²) in [5, 5.41) is 22.7. The van der Waals surface area contributed by atoms with Gasteiger partial charge < -0.3 is 47.6 Å². The van der Waals surface area contributed by atoms with Gasteiger partial charge in [-0.2, -0.15) is 9.97 Å². The summed E-state index contributed by atoms with van der Waals surface area (Å²) in [6.45, 7) is -0.804. The molecule has 0 radical (unpaired) electrons. The van der Waals surface area contributed by atoms with E-state index in [-0.39, 0.29) is 50.9 Å². The zero-order valence-electron chi connectivity index (χ0n) is 34.8. The second kappa shape index (κ2) is 19.7. The Kier molecular flexibility index (Phi) is 14.3. The van der Waals surface area contributed by atoms with Crippen LogP contribution in [0.2, 0.25) is 5.28 Å². The number of aliphatic hydroxyl groups is 2. The topological polar surface area (TPSA) is 246 Å². The maximum atomic E-state index is 15.3. The lowest BCUT2D eigenvalue weighted by Gasteiger charge is -2.27. The number of hydrogen-bond donors (Lipinski definition) is 2. The molecule has 7 rings (SSSR count). The van der Waals surface area contributed by atoms with Gasteiger partial charge >= 0.3 is 33.1 Å².